The summed E-state index contributed by atoms with van der Waals surface area (Å²) in [6.07, 6.45) is 0. The minimum absolute atomic E-state index is 0.255. The number of nitrogens with one attached hydrogen (secondary N) is 3. The molecule has 0 saturated carbocycles. The van der Waals surface area contributed by atoms with Crippen LogP contribution in [0.5, 0.6) is 0 Å². The van der Waals surface area contributed by atoms with E-state index in [4.69, 9.17) is 40.2 Å². The summed E-state index contributed by atoms with van der Waals surface area (Å²) in [6.45, 7) is 6.42. The van der Waals surface area contributed by atoms with Gasteiger partial charge in [-0.3, -0.25) is 0 Å². The number of amides is 2. The van der Waals surface area contributed by atoms with Gasteiger partial charge in [-0.05, 0) is 62.8 Å². The van der Waals surface area contributed by atoms with Crippen molar-refractivity contribution >= 4 is 63.9 Å². The van der Waals surface area contributed by atoms with Crippen molar-refractivity contribution in [1.29, 1.82) is 0 Å². The molecule has 7 nitrogen and oxygen atoms in total. The number of hydrogen-bond donors (Lipinski definition) is 3. The molecule has 2 aromatic carbocycles. The lowest BCUT2D eigenvalue weighted by atomic mass is 9.94. The van der Waals surface area contributed by atoms with Gasteiger partial charge in [-0.15, -0.1) is 0 Å². The van der Waals surface area contributed by atoms with Crippen LogP contribution in [0, 0.1) is 0 Å². The standard InChI is InChI=1S/C23H24Cl2N4O3S/c1-4-29-13(3)18(21(30)32-5-2)19(28-23(29)33)14-8-6-9-15(12-14)26-22(31)27-20-16(24)10-7-11-17(20)25/h6-12,19H,4-5H2,1-3H3,(H,28,33)(H2,26,27,31). The lowest BCUT2D eigenvalue weighted by Crippen LogP contribution is -2.47. The van der Waals surface area contributed by atoms with E-state index < -0.39 is 18.0 Å². The van der Waals surface area contributed by atoms with E-state index in [1.165, 1.54) is 0 Å². The van der Waals surface area contributed by atoms with Crippen LogP contribution in [0.2, 0.25) is 10.0 Å². The highest BCUT2D eigenvalue weighted by molar-refractivity contribution is 7.80. The summed E-state index contributed by atoms with van der Waals surface area (Å²) in [6, 6.07) is 11.0. The second-order valence-corrected chi connectivity index (χ2v) is 8.35. The monoisotopic (exact) mass is 506 g/mol. The predicted molar refractivity (Wildman–Crippen MR) is 136 cm³/mol. The van der Waals surface area contributed by atoms with Gasteiger partial charge in [0.2, 0.25) is 0 Å². The molecular weight excluding hydrogens is 483 g/mol. The van der Waals surface area contributed by atoms with Gasteiger partial charge in [-0.25, -0.2) is 9.59 Å². The summed E-state index contributed by atoms with van der Waals surface area (Å²) in [5, 5.41) is 9.81. The third-order valence-electron chi connectivity index (χ3n) is 5.09. The van der Waals surface area contributed by atoms with Crippen LogP contribution in [0.25, 0.3) is 0 Å². The van der Waals surface area contributed by atoms with E-state index in [1.54, 1.807) is 43.3 Å². The van der Waals surface area contributed by atoms with E-state index in [1.807, 2.05) is 24.8 Å². The van der Waals surface area contributed by atoms with Crippen LogP contribution >= 0.6 is 35.4 Å². The fourth-order valence-electron chi connectivity index (χ4n) is 3.57. The van der Waals surface area contributed by atoms with Gasteiger partial charge in [-0.1, -0.05) is 41.4 Å². The third kappa shape index (κ3) is 5.58. The number of rotatable bonds is 6. The Bertz CT molecular complexity index is 1100. The van der Waals surface area contributed by atoms with Crippen LogP contribution in [0.15, 0.2) is 53.7 Å². The smallest absolute Gasteiger partial charge is 0.338 e. The number of ether oxygens (including phenoxy) is 1. The average molecular weight is 507 g/mol. The molecule has 1 aliphatic heterocycles. The molecule has 10 heteroatoms. The summed E-state index contributed by atoms with van der Waals surface area (Å²) in [5.74, 6) is -0.419. The zero-order chi connectivity index (χ0) is 24.1. The number of anilines is 2. The van der Waals surface area contributed by atoms with E-state index in [2.05, 4.69) is 16.0 Å². The maximum Gasteiger partial charge on any atom is 0.338 e. The number of allylic oxidation sites excluding steroid dienone is 1. The number of halogens is 2. The van der Waals surface area contributed by atoms with Crippen molar-refractivity contribution in [2.24, 2.45) is 0 Å². The Hall–Kier alpha value is -2.81. The van der Waals surface area contributed by atoms with Crippen LogP contribution in [0.1, 0.15) is 32.4 Å². The molecule has 174 valence electrons. The number of esters is 1. The zero-order valence-electron chi connectivity index (χ0n) is 18.4. The summed E-state index contributed by atoms with van der Waals surface area (Å²) < 4.78 is 5.30. The molecular formula is C23H24Cl2N4O3S. The molecule has 0 aromatic heterocycles. The number of para-hydroxylation sites is 1. The van der Waals surface area contributed by atoms with E-state index in [0.717, 1.165) is 11.3 Å². The maximum atomic E-state index is 12.8. The summed E-state index contributed by atoms with van der Waals surface area (Å²) >= 11 is 17.8. The molecule has 0 bridgehead atoms. The Kier molecular flexibility index (Phi) is 8.18. The number of hydrogen-bond acceptors (Lipinski definition) is 4. The van der Waals surface area contributed by atoms with Gasteiger partial charge >= 0.3 is 12.0 Å². The van der Waals surface area contributed by atoms with Crippen LogP contribution in [0.4, 0.5) is 16.2 Å². The molecule has 1 aliphatic rings. The van der Waals surface area contributed by atoms with Gasteiger partial charge in [0.15, 0.2) is 5.11 Å². The molecule has 0 aliphatic carbocycles. The number of benzene rings is 2. The van der Waals surface area contributed by atoms with Gasteiger partial charge in [0.25, 0.3) is 0 Å². The van der Waals surface area contributed by atoms with Crippen molar-refractivity contribution < 1.29 is 14.3 Å². The molecule has 0 saturated heterocycles. The average Bonchev–Trinajstić information content (AvgIpc) is 2.76. The largest absolute Gasteiger partial charge is 0.463 e. The fourth-order valence-corrected chi connectivity index (χ4v) is 4.45. The lowest BCUT2D eigenvalue weighted by molar-refractivity contribution is -0.139. The molecule has 1 heterocycles. The third-order valence-corrected chi connectivity index (χ3v) is 6.06. The normalized spacial score (nSPS) is 15.7. The zero-order valence-corrected chi connectivity index (χ0v) is 20.7. The van der Waals surface area contributed by atoms with Crippen LogP contribution in [-0.2, 0) is 9.53 Å². The molecule has 3 rings (SSSR count). The molecule has 2 amide bonds. The van der Waals surface area contributed by atoms with Crippen molar-refractivity contribution in [2.75, 3.05) is 23.8 Å². The Balaban J connectivity index is 1.88. The first kappa shape index (κ1) is 24.8. The summed E-state index contributed by atoms with van der Waals surface area (Å²) in [5.41, 5.74) is 2.77. The number of thiocarbonyl (C=S) groups is 1. The minimum atomic E-state index is -0.526. The lowest BCUT2D eigenvalue weighted by Gasteiger charge is -2.37. The van der Waals surface area contributed by atoms with E-state index in [0.29, 0.717) is 38.7 Å². The molecule has 0 radical (unpaired) electrons. The Morgan fingerprint density at radius 3 is 2.42 bits per heavy atom. The molecule has 0 fully saturated rings. The first-order chi connectivity index (χ1) is 15.8. The number of nitrogens with zero attached hydrogens (tertiary/aromatic N) is 1. The SMILES string of the molecule is CCOC(=O)C1=C(C)N(CC)C(=S)NC1c1cccc(NC(=O)Nc2c(Cl)cccc2Cl)c1. The quantitative estimate of drug-likeness (QED) is 0.343. The highest BCUT2D eigenvalue weighted by atomic mass is 35.5. The predicted octanol–water partition coefficient (Wildman–Crippen LogP) is 5.73. The van der Waals surface area contributed by atoms with Crippen molar-refractivity contribution in [3.63, 3.8) is 0 Å². The van der Waals surface area contributed by atoms with Gasteiger partial charge < -0.3 is 25.6 Å². The van der Waals surface area contributed by atoms with Crippen LogP contribution in [-0.4, -0.2) is 35.2 Å². The van der Waals surface area contributed by atoms with Gasteiger partial charge in [0.1, 0.15) is 0 Å². The molecule has 1 atom stereocenters. The number of urea groups is 1. The second kappa shape index (κ2) is 10.9. The second-order valence-electron chi connectivity index (χ2n) is 7.15. The number of carbonyl (C=O) groups excluding carboxylic acids is 2. The Morgan fingerprint density at radius 2 is 1.79 bits per heavy atom. The fraction of sp³-hybridized carbons (Fsp3) is 0.261. The van der Waals surface area contributed by atoms with Crippen molar-refractivity contribution in [1.82, 2.24) is 10.2 Å². The Labute approximate surface area is 208 Å². The number of carbonyl (C=O) groups is 2. The van der Waals surface area contributed by atoms with Crippen LogP contribution in [0.3, 0.4) is 0 Å². The Morgan fingerprint density at radius 1 is 1.12 bits per heavy atom. The first-order valence-corrected chi connectivity index (χ1v) is 11.5. The van der Waals surface area contributed by atoms with E-state index in [-0.39, 0.29) is 6.61 Å². The highest BCUT2D eigenvalue weighted by Crippen LogP contribution is 2.33. The van der Waals surface area contributed by atoms with Crippen LogP contribution < -0.4 is 16.0 Å². The van der Waals surface area contributed by atoms with Gasteiger partial charge in [0, 0.05) is 17.9 Å². The van der Waals surface area contributed by atoms with E-state index in [9.17, 15) is 9.59 Å². The topological polar surface area (TPSA) is 82.7 Å². The highest BCUT2D eigenvalue weighted by Gasteiger charge is 2.34. The molecule has 33 heavy (non-hydrogen) atoms. The summed E-state index contributed by atoms with van der Waals surface area (Å²) in [7, 11) is 0. The van der Waals surface area contributed by atoms with Crippen molar-refractivity contribution in [2.45, 2.75) is 26.8 Å². The molecule has 1 unspecified atom stereocenters. The maximum absolute atomic E-state index is 12.8. The molecule has 3 N–H and O–H groups in total. The summed E-state index contributed by atoms with van der Waals surface area (Å²) in [4.78, 5) is 27.2. The molecule has 0 spiro atoms. The first-order valence-electron chi connectivity index (χ1n) is 10.3. The van der Waals surface area contributed by atoms with E-state index >= 15 is 0 Å². The van der Waals surface area contributed by atoms with Crippen molar-refractivity contribution in [3.8, 4) is 0 Å². The van der Waals surface area contributed by atoms with Gasteiger partial charge in [0.05, 0.1) is 34.0 Å². The minimum Gasteiger partial charge on any atom is -0.463 e. The molecule has 2 aromatic rings. The van der Waals surface area contributed by atoms with Gasteiger partial charge in [-0.2, -0.15) is 0 Å². The van der Waals surface area contributed by atoms with Crippen molar-refractivity contribution in [3.05, 3.63) is 69.3 Å².